The SMILES string of the molecule is CCc1ccc(-c2nc3c(CN)cccc3n2C)cc1. The van der Waals surface area contributed by atoms with E-state index in [1.165, 1.54) is 5.56 Å². The third kappa shape index (κ3) is 2.00. The van der Waals surface area contributed by atoms with Crippen LogP contribution in [0.3, 0.4) is 0 Å². The van der Waals surface area contributed by atoms with E-state index in [0.29, 0.717) is 6.54 Å². The van der Waals surface area contributed by atoms with Gasteiger partial charge in [-0.2, -0.15) is 0 Å². The van der Waals surface area contributed by atoms with Gasteiger partial charge in [0, 0.05) is 19.2 Å². The normalized spacial score (nSPS) is 11.2. The summed E-state index contributed by atoms with van der Waals surface area (Å²) < 4.78 is 2.13. The van der Waals surface area contributed by atoms with E-state index in [2.05, 4.69) is 48.9 Å². The lowest BCUT2D eigenvalue weighted by molar-refractivity contribution is 0.959. The van der Waals surface area contributed by atoms with Crippen LogP contribution < -0.4 is 5.73 Å². The van der Waals surface area contributed by atoms with Crippen LogP contribution in [0.1, 0.15) is 18.1 Å². The molecule has 0 amide bonds. The Morgan fingerprint density at radius 3 is 2.50 bits per heavy atom. The molecular formula is C17H19N3. The van der Waals surface area contributed by atoms with Crippen molar-refractivity contribution in [2.45, 2.75) is 19.9 Å². The molecule has 0 bridgehead atoms. The molecule has 0 aliphatic carbocycles. The zero-order chi connectivity index (χ0) is 14.1. The number of nitrogens with two attached hydrogens (primary N) is 1. The highest BCUT2D eigenvalue weighted by Crippen LogP contribution is 2.26. The molecule has 102 valence electrons. The van der Waals surface area contributed by atoms with Gasteiger partial charge in [-0.05, 0) is 23.6 Å². The Kier molecular flexibility index (Phi) is 3.28. The molecule has 2 N–H and O–H groups in total. The van der Waals surface area contributed by atoms with Crippen LogP contribution in [0.15, 0.2) is 42.5 Å². The van der Waals surface area contributed by atoms with E-state index < -0.39 is 0 Å². The molecule has 0 spiro atoms. The maximum Gasteiger partial charge on any atom is 0.140 e. The van der Waals surface area contributed by atoms with Crippen molar-refractivity contribution >= 4 is 11.0 Å². The summed E-state index contributed by atoms with van der Waals surface area (Å²) in [5.41, 5.74) is 11.5. The van der Waals surface area contributed by atoms with Crippen molar-refractivity contribution in [3.63, 3.8) is 0 Å². The van der Waals surface area contributed by atoms with Crippen molar-refractivity contribution in [2.75, 3.05) is 0 Å². The monoisotopic (exact) mass is 265 g/mol. The molecule has 3 nitrogen and oxygen atoms in total. The van der Waals surface area contributed by atoms with Crippen LogP contribution >= 0.6 is 0 Å². The minimum Gasteiger partial charge on any atom is -0.327 e. The van der Waals surface area contributed by atoms with Crippen molar-refractivity contribution < 1.29 is 0 Å². The zero-order valence-corrected chi connectivity index (χ0v) is 11.9. The number of benzene rings is 2. The van der Waals surface area contributed by atoms with E-state index in [1.807, 2.05) is 12.1 Å². The molecule has 0 radical (unpaired) electrons. The highest BCUT2D eigenvalue weighted by Gasteiger charge is 2.11. The predicted molar refractivity (Wildman–Crippen MR) is 83.4 cm³/mol. The smallest absolute Gasteiger partial charge is 0.140 e. The fourth-order valence-corrected chi connectivity index (χ4v) is 2.58. The Labute approximate surface area is 119 Å². The van der Waals surface area contributed by atoms with Crippen LogP contribution in [0, 0.1) is 0 Å². The second-order valence-corrected chi connectivity index (χ2v) is 5.03. The molecule has 0 aliphatic rings. The molecule has 1 aromatic heterocycles. The summed E-state index contributed by atoms with van der Waals surface area (Å²) in [5.74, 6) is 0.989. The Morgan fingerprint density at radius 2 is 1.85 bits per heavy atom. The largest absolute Gasteiger partial charge is 0.327 e. The van der Waals surface area contributed by atoms with Gasteiger partial charge in [-0.3, -0.25) is 0 Å². The van der Waals surface area contributed by atoms with E-state index in [9.17, 15) is 0 Å². The van der Waals surface area contributed by atoms with Gasteiger partial charge in [-0.1, -0.05) is 43.3 Å². The summed E-state index contributed by atoms with van der Waals surface area (Å²) >= 11 is 0. The molecule has 20 heavy (non-hydrogen) atoms. The van der Waals surface area contributed by atoms with Crippen molar-refractivity contribution in [3.05, 3.63) is 53.6 Å². The lowest BCUT2D eigenvalue weighted by Crippen LogP contribution is -1.97. The van der Waals surface area contributed by atoms with Crippen LogP contribution in [0.5, 0.6) is 0 Å². The Hall–Kier alpha value is -2.13. The molecule has 0 fully saturated rings. The molecule has 2 aromatic carbocycles. The molecule has 0 aliphatic heterocycles. The van der Waals surface area contributed by atoms with Gasteiger partial charge in [-0.25, -0.2) is 4.98 Å². The second kappa shape index (κ2) is 5.10. The van der Waals surface area contributed by atoms with Gasteiger partial charge in [0.2, 0.25) is 0 Å². The average Bonchev–Trinajstić information content (AvgIpc) is 2.85. The number of imidazole rings is 1. The predicted octanol–water partition coefficient (Wildman–Crippen LogP) is 3.26. The molecule has 0 saturated carbocycles. The molecule has 1 heterocycles. The summed E-state index contributed by atoms with van der Waals surface area (Å²) in [4.78, 5) is 4.79. The summed E-state index contributed by atoms with van der Waals surface area (Å²) in [6.45, 7) is 2.68. The first-order chi connectivity index (χ1) is 9.74. The van der Waals surface area contributed by atoms with E-state index in [-0.39, 0.29) is 0 Å². The number of aromatic nitrogens is 2. The van der Waals surface area contributed by atoms with Crippen LogP contribution in [-0.2, 0) is 20.0 Å². The van der Waals surface area contributed by atoms with Crippen LogP contribution in [0.2, 0.25) is 0 Å². The highest BCUT2D eigenvalue weighted by atomic mass is 15.1. The van der Waals surface area contributed by atoms with Crippen LogP contribution in [-0.4, -0.2) is 9.55 Å². The summed E-state index contributed by atoms with van der Waals surface area (Å²) in [6, 6.07) is 14.8. The van der Waals surface area contributed by atoms with E-state index in [4.69, 9.17) is 10.7 Å². The number of hydrogen-bond acceptors (Lipinski definition) is 2. The zero-order valence-electron chi connectivity index (χ0n) is 11.9. The molecule has 3 rings (SSSR count). The average molecular weight is 265 g/mol. The standard InChI is InChI=1S/C17H19N3/c1-3-12-7-9-13(10-8-12)17-19-16-14(11-18)5-4-6-15(16)20(17)2/h4-10H,3,11,18H2,1-2H3. The van der Waals surface area contributed by atoms with Gasteiger partial charge in [0.25, 0.3) is 0 Å². The van der Waals surface area contributed by atoms with E-state index in [1.54, 1.807) is 0 Å². The fourth-order valence-electron chi connectivity index (χ4n) is 2.58. The van der Waals surface area contributed by atoms with Crippen molar-refractivity contribution in [1.29, 1.82) is 0 Å². The van der Waals surface area contributed by atoms with E-state index in [0.717, 1.165) is 34.4 Å². The third-order valence-corrected chi connectivity index (χ3v) is 3.84. The number of para-hydroxylation sites is 1. The molecule has 0 unspecified atom stereocenters. The number of rotatable bonds is 3. The van der Waals surface area contributed by atoms with Crippen LogP contribution in [0.25, 0.3) is 22.4 Å². The first-order valence-corrected chi connectivity index (χ1v) is 6.98. The van der Waals surface area contributed by atoms with Gasteiger partial charge < -0.3 is 10.3 Å². The maximum absolute atomic E-state index is 5.80. The molecule has 3 heteroatoms. The number of hydrogen-bond donors (Lipinski definition) is 1. The molecule has 3 aromatic rings. The van der Waals surface area contributed by atoms with Crippen LogP contribution in [0.4, 0.5) is 0 Å². The summed E-state index contributed by atoms with van der Waals surface area (Å²) in [7, 11) is 2.05. The summed E-state index contributed by atoms with van der Waals surface area (Å²) in [5, 5.41) is 0. The number of fused-ring (bicyclic) bond motifs is 1. The van der Waals surface area contributed by atoms with E-state index >= 15 is 0 Å². The first-order valence-electron chi connectivity index (χ1n) is 6.98. The first kappa shape index (κ1) is 12.9. The van der Waals surface area contributed by atoms with Crippen molar-refractivity contribution in [2.24, 2.45) is 12.8 Å². The maximum atomic E-state index is 5.80. The molecular weight excluding hydrogens is 246 g/mol. The van der Waals surface area contributed by atoms with Gasteiger partial charge >= 0.3 is 0 Å². The topological polar surface area (TPSA) is 43.8 Å². The minimum atomic E-state index is 0.516. The lowest BCUT2D eigenvalue weighted by Gasteiger charge is -2.03. The Bertz CT molecular complexity index is 739. The minimum absolute atomic E-state index is 0.516. The lowest BCUT2D eigenvalue weighted by atomic mass is 10.1. The highest BCUT2D eigenvalue weighted by molar-refractivity contribution is 5.83. The Balaban J connectivity index is 2.18. The Morgan fingerprint density at radius 1 is 1.10 bits per heavy atom. The third-order valence-electron chi connectivity index (χ3n) is 3.84. The van der Waals surface area contributed by atoms with Gasteiger partial charge in [0.1, 0.15) is 5.82 Å². The molecule has 0 atom stereocenters. The second-order valence-electron chi connectivity index (χ2n) is 5.03. The summed E-state index contributed by atoms with van der Waals surface area (Å²) in [6.07, 6.45) is 1.06. The van der Waals surface area contributed by atoms with Gasteiger partial charge in [0.15, 0.2) is 0 Å². The fraction of sp³-hybridized carbons (Fsp3) is 0.235. The quantitative estimate of drug-likeness (QED) is 0.790. The number of nitrogens with zero attached hydrogens (tertiary/aromatic N) is 2. The number of aryl methyl sites for hydroxylation is 2. The van der Waals surface area contributed by atoms with Crippen molar-refractivity contribution in [3.8, 4) is 11.4 Å². The molecule has 0 saturated heterocycles. The van der Waals surface area contributed by atoms with Gasteiger partial charge in [0.05, 0.1) is 11.0 Å². The van der Waals surface area contributed by atoms with Gasteiger partial charge in [-0.15, -0.1) is 0 Å². The van der Waals surface area contributed by atoms with Crippen molar-refractivity contribution in [1.82, 2.24) is 9.55 Å².